The molecule has 0 aromatic heterocycles. The number of halogens is 2. The summed E-state index contributed by atoms with van der Waals surface area (Å²) in [6.07, 6.45) is 0. The molecule has 0 heterocycles. The average molecular weight is 244 g/mol. The predicted molar refractivity (Wildman–Crippen MR) is 58.7 cm³/mol. The van der Waals surface area contributed by atoms with Gasteiger partial charge in [-0.05, 0) is 30.2 Å². The summed E-state index contributed by atoms with van der Waals surface area (Å²) < 4.78 is 13.2. The highest BCUT2D eigenvalue weighted by Crippen LogP contribution is 2.20. The first-order valence-corrected chi connectivity index (χ1v) is 5.03. The fourth-order valence-electron chi connectivity index (χ4n) is 1.12. The van der Waals surface area contributed by atoms with Crippen LogP contribution in [0.1, 0.15) is 18.1 Å². The van der Waals surface area contributed by atoms with Gasteiger partial charge in [0.15, 0.2) is 0 Å². The highest BCUT2D eigenvalue weighted by atomic mass is 35.5. The van der Waals surface area contributed by atoms with Crippen LogP contribution in [0.3, 0.4) is 0 Å². The molecule has 1 aromatic rings. The Bertz CT molecular complexity index is 446. The number of amides is 1. The number of aryl methyl sites for hydroxylation is 1. The topological polar surface area (TPSA) is 46.2 Å². The maximum Gasteiger partial charge on any atom is 0.287 e. The second kappa shape index (κ2) is 5.07. The minimum atomic E-state index is -0.711. The number of nitrogens with one attached hydrogen (secondary N) is 1. The molecule has 0 unspecified atom stereocenters. The van der Waals surface area contributed by atoms with Crippen molar-refractivity contribution in [3.05, 3.63) is 34.1 Å². The smallest absolute Gasteiger partial charge is 0.287 e. The average Bonchev–Trinajstić information content (AvgIpc) is 2.20. The van der Waals surface area contributed by atoms with E-state index in [-0.39, 0.29) is 6.54 Å². The second-order valence-electron chi connectivity index (χ2n) is 3.43. The van der Waals surface area contributed by atoms with E-state index in [1.165, 1.54) is 12.1 Å². The molecule has 16 heavy (non-hydrogen) atoms. The number of benzene rings is 1. The second-order valence-corrected chi connectivity index (χ2v) is 3.84. The lowest BCUT2D eigenvalue weighted by atomic mass is 10.1. The van der Waals surface area contributed by atoms with Gasteiger partial charge in [-0.15, -0.1) is 0 Å². The van der Waals surface area contributed by atoms with Gasteiger partial charge in [-0.1, -0.05) is 11.6 Å². The number of carbonyl (C=O) groups excluding carboxylic acids is 2. The van der Waals surface area contributed by atoms with E-state index >= 15 is 0 Å². The van der Waals surface area contributed by atoms with E-state index in [2.05, 4.69) is 5.32 Å². The Balaban J connectivity index is 2.78. The Hall–Kier alpha value is -1.42. The SMILES string of the molecule is CC(=O)C(=O)NCc1cc(F)c(C)cc1Cl. The van der Waals surface area contributed by atoms with Crippen LogP contribution in [0.25, 0.3) is 0 Å². The summed E-state index contributed by atoms with van der Waals surface area (Å²) >= 11 is 5.86. The van der Waals surface area contributed by atoms with E-state index in [1.54, 1.807) is 6.92 Å². The molecule has 0 spiro atoms. The first-order valence-electron chi connectivity index (χ1n) is 4.65. The number of hydrogen-bond acceptors (Lipinski definition) is 2. The normalized spacial score (nSPS) is 10.0. The maximum absolute atomic E-state index is 13.2. The summed E-state index contributed by atoms with van der Waals surface area (Å²) in [7, 11) is 0. The van der Waals surface area contributed by atoms with E-state index in [4.69, 9.17) is 11.6 Å². The van der Waals surface area contributed by atoms with Gasteiger partial charge in [0.05, 0.1) is 0 Å². The van der Waals surface area contributed by atoms with Crippen molar-refractivity contribution in [1.82, 2.24) is 5.32 Å². The molecule has 1 aromatic carbocycles. The lowest BCUT2D eigenvalue weighted by Crippen LogP contribution is -2.28. The van der Waals surface area contributed by atoms with Crippen molar-refractivity contribution in [2.24, 2.45) is 0 Å². The van der Waals surface area contributed by atoms with Gasteiger partial charge in [0, 0.05) is 18.5 Å². The van der Waals surface area contributed by atoms with E-state index in [1.807, 2.05) is 0 Å². The van der Waals surface area contributed by atoms with Crippen LogP contribution in [0.5, 0.6) is 0 Å². The van der Waals surface area contributed by atoms with E-state index in [9.17, 15) is 14.0 Å². The van der Waals surface area contributed by atoms with Crippen LogP contribution in [-0.4, -0.2) is 11.7 Å². The third kappa shape index (κ3) is 3.03. The largest absolute Gasteiger partial charge is 0.345 e. The zero-order chi connectivity index (χ0) is 12.3. The van der Waals surface area contributed by atoms with Crippen molar-refractivity contribution in [2.45, 2.75) is 20.4 Å². The molecule has 0 saturated heterocycles. The van der Waals surface area contributed by atoms with Crippen LogP contribution in [0.2, 0.25) is 5.02 Å². The summed E-state index contributed by atoms with van der Waals surface area (Å²) in [5, 5.41) is 2.71. The van der Waals surface area contributed by atoms with Gasteiger partial charge in [0.1, 0.15) is 5.82 Å². The quantitative estimate of drug-likeness (QED) is 0.826. The van der Waals surface area contributed by atoms with Crippen molar-refractivity contribution < 1.29 is 14.0 Å². The van der Waals surface area contributed by atoms with Crippen molar-refractivity contribution in [3.63, 3.8) is 0 Å². The van der Waals surface area contributed by atoms with Crippen LogP contribution in [0.4, 0.5) is 4.39 Å². The lowest BCUT2D eigenvalue weighted by molar-refractivity contribution is -0.136. The zero-order valence-electron chi connectivity index (χ0n) is 8.93. The van der Waals surface area contributed by atoms with Gasteiger partial charge < -0.3 is 5.32 Å². The first kappa shape index (κ1) is 12.6. The van der Waals surface area contributed by atoms with Gasteiger partial charge in [-0.2, -0.15) is 0 Å². The highest BCUT2D eigenvalue weighted by molar-refractivity contribution is 6.35. The fraction of sp³-hybridized carbons (Fsp3) is 0.273. The number of Topliss-reactive ketones (excluding diaryl/α,β-unsaturated/α-hetero) is 1. The van der Waals surface area contributed by atoms with Crippen molar-refractivity contribution >= 4 is 23.3 Å². The molecule has 0 atom stereocenters. The molecule has 0 bridgehead atoms. The van der Waals surface area contributed by atoms with Crippen molar-refractivity contribution in [2.75, 3.05) is 0 Å². The molecule has 1 rings (SSSR count). The molecule has 0 aliphatic rings. The standard InChI is InChI=1S/C11H11ClFNO2/c1-6-3-9(12)8(4-10(6)13)5-14-11(16)7(2)15/h3-4H,5H2,1-2H3,(H,14,16). The van der Waals surface area contributed by atoms with Gasteiger partial charge >= 0.3 is 0 Å². The molecule has 0 aliphatic carbocycles. The number of hydrogen-bond donors (Lipinski definition) is 1. The minimum Gasteiger partial charge on any atom is -0.345 e. The van der Waals surface area contributed by atoms with E-state index in [0.29, 0.717) is 16.1 Å². The van der Waals surface area contributed by atoms with Gasteiger partial charge in [0.2, 0.25) is 5.78 Å². The molecule has 0 radical (unpaired) electrons. The van der Waals surface area contributed by atoms with Gasteiger partial charge in [-0.25, -0.2) is 4.39 Å². The van der Waals surface area contributed by atoms with Crippen LogP contribution in [0.15, 0.2) is 12.1 Å². The third-order valence-electron chi connectivity index (χ3n) is 2.09. The monoisotopic (exact) mass is 243 g/mol. The van der Waals surface area contributed by atoms with Crippen molar-refractivity contribution in [1.29, 1.82) is 0 Å². The molecule has 1 N–H and O–H groups in total. The molecule has 5 heteroatoms. The Morgan fingerprint density at radius 3 is 2.62 bits per heavy atom. The highest BCUT2D eigenvalue weighted by Gasteiger charge is 2.09. The van der Waals surface area contributed by atoms with Crippen molar-refractivity contribution in [3.8, 4) is 0 Å². The summed E-state index contributed by atoms with van der Waals surface area (Å²) in [5.74, 6) is -1.70. The van der Waals surface area contributed by atoms with Crippen LogP contribution >= 0.6 is 11.6 Å². The maximum atomic E-state index is 13.2. The molecule has 3 nitrogen and oxygen atoms in total. The molecule has 86 valence electrons. The van der Waals surface area contributed by atoms with Crippen LogP contribution in [0, 0.1) is 12.7 Å². The number of rotatable bonds is 3. The zero-order valence-corrected chi connectivity index (χ0v) is 9.69. The predicted octanol–water partition coefficient (Wildman–Crippen LogP) is 1.99. The summed E-state index contributed by atoms with van der Waals surface area (Å²) in [5.41, 5.74) is 0.881. The summed E-state index contributed by atoms with van der Waals surface area (Å²) in [4.78, 5) is 21.6. The minimum absolute atomic E-state index is 0.0362. The van der Waals surface area contributed by atoms with Gasteiger partial charge in [0.25, 0.3) is 5.91 Å². The Morgan fingerprint density at radius 1 is 1.44 bits per heavy atom. The van der Waals surface area contributed by atoms with Crippen LogP contribution < -0.4 is 5.32 Å². The Kier molecular flexibility index (Phi) is 4.01. The number of ketones is 1. The molecular weight excluding hydrogens is 233 g/mol. The lowest BCUT2D eigenvalue weighted by Gasteiger charge is -2.07. The van der Waals surface area contributed by atoms with Crippen LogP contribution in [-0.2, 0) is 16.1 Å². The summed E-state index contributed by atoms with van der Waals surface area (Å²) in [6.45, 7) is 2.79. The van der Waals surface area contributed by atoms with E-state index in [0.717, 1.165) is 6.92 Å². The molecule has 0 fully saturated rings. The first-order chi connectivity index (χ1) is 7.41. The summed E-state index contributed by atoms with van der Waals surface area (Å²) in [6, 6.07) is 2.73. The molecule has 0 saturated carbocycles. The van der Waals surface area contributed by atoms with Gasteiger partial charge in [-0.3, -0.25) is 9.59 Å². The molecular formula is C11H11ClFNO2. The number of carbonyl (C=O) groups is 2. The Labute approximate surface area is 97.6 Å². The van der Waals surface area contributed by atoms with E-state index < -0.39 is 17.5 Å². The molecule has 0 aliphatic heterocycles. The third-order valence-corrected chi connectivity index (χ3v) is 2.44. The molecule has 1 amide bonds. The Morgan fingerprint density at radius 2 is 2.06 bits per heavy atom. The fourth-order valence-corrected chi connectivity index (χ4v) is 1.41.